The summed E-state index contributed by atoms with van der Waals surface area (Å²) in [5, 5.41) is 2.99. The first-order chi connectivity index (χ1) is 12.0. The van der Waals surface area contributed by atoms with Gasteiger partial charge >= 0.3 is 0 Å². The number of nitrogens with one attached hydrogen (secondary N) is 1. The maximum Gasteiger partial charge on any atom is 0.236 e. The maximum absolute atomic E-state index is 12.0. The first-order valence-electron chi connectivity index (χ1n) is 9.48. The van der Waals surface area contributed by atoms with Gasteiger partial charge in [0.25, 0.3) is 0 Å². The third-order valence-electron chi connectivity index (χ3n) is 4.86. The summed E-state index contributed by atoms with van der Waals surface area (Å²) >= 11 is 0. The van der Waals surface area contributed by atoms with Gasteiger partial charge < -0.3 is 16.0 Å². The summed E-state index contributed by atoms with van der Waals surface area (Å²) < 4.78 is 0. The number of nitrogens with two attached hydrogens (primary N) is 1. The van der Waals surface area contributed by atoms with E-state index in [9.17, 15) is 4.79 Å². The molecule has 1 heterocycles. The van der Waals surface area contributed by atoms with Gasteiger partial charge in [-0.25, -0.2) is 0 Å². The van der Waals surface area contributed by atoms with Crippen LogP contribution in [0.15, 0.2) is 30.3 Å². The maximum atomic E-state index is 12.0. The number of hydrogen-bond donors (Lipinski definition) is 2. The Bertz CT molecular complexity index is 533. The third-order valence-corrected chi connectivity index (χ3v) is 4.86. The first-order valence-corrected chi connectivity index (χ1v) is 9.48. The molecule has 2 atom stereocenters. The Balaban J connectivity index is 0. The predicted molar refractivity (Wildman–Crippen MR) is 125 cm³/mol. The summed E-state index contributed by atoms with van der Waals surface area (Å²) in [6.07, 6.45) is 1.69. The molecule has 1 aromatic carbocycles. The molecule has 1 aromatic rings. The van der Waals surface area contributed by atoms with Gasteiger partial charge in [0.05, 0.1) is 6.04 Å². The van der Waals surface area contributed by atoms with Gasteiger partial charge in [-0.2, -0.15) is 0 Å². The molecule has 0 bridgehead atoms. The summed E-state index contributed by atoms with van der Waals surface area (Å²) in [5.41, 5.74) is 7.30. The molecular formula is C20H37Cl3N4O. The lowest BCUT2D eigenvalue weighted by Gasteiger charge is -2.40. The van der Waals surface area contributed by atoms with Crippen molar-refractivity contribution in [3.63, 3.8) is 0 Å². The van der Waals surface area contributed by atoms with E-state index in [1.54, 1.807) is 0 Å². The first kappa shape index (κ1) is 29.6. The van der Waals surface area contributed by atoms with Crippen LogP contribution in [0.4, 0.5) is 0 Å². The second-order valence-electron chi connectivity index (χ2n) is 7.61. The summed E-state index contributed by atoms with van der Waals surface area (Å²) in [7, 11) is 2.18. The molecule has 0 spiro atoms. The molecule has 1 aliphatic rings. The fraction of sp³-hybridized carbons (Fsp3) is 0.650. The topological polar surface area (TPSA) is 61.6 Å². The number of benzene rings is 1. The Labute approximate surface area is 189 Å². The number of nitrogens with zero attached hydrogens (tertiary/aromatic N) is 2. The molecule has 0 aromatic heterocycles. The quantitative estimate of drug-likeness (QED) is 0.591. The average Bonchev–Trinajstić information content (AvgIpc) is 2.59. The molecule has 3 N–H and O–H groups in total. The van der Waals surface area contributed by atoms with Crippen molar-refractivity contribution in [1.29, 1.82) is 0 Å². The molecule has 28 heavy (non-hydrogen) atoms. The predicted octanol–water partition coefficient (Wildman–Crippen LogP) is 3.12. The van der Waals surface area contributed by atoms with Crippen molar-refractivity contribution in [1.82, 2.24) is 15.1 Å². The molecule has 0 radical (unpaired) electrons. The second kappa shape index (κ2) is 15.3. The summed E-state index contributed by atoms with van der Waals surface area (Å²) in [6, 6.07) is 10.7. The van der Waals surface area contributed by atoms with Crippen LogP contribution in [0.5, 0.6) is 0 Å². The molecule has 0 aliphatic carbocycles. The highest BCUT2D eigenvalue weighted by atomic mass is 35.5. The molecule has 0 saturated carbocycles. The number of piperazine rings is 1. The van der Waals surface area contributed by atoms with Crippen LogP contribution >= 0.6 is 37.2 Å². The minimum atomic E-state index is -0.388. The van der Waals surface area contributed by atoms with Gasteiger partial charge in [-0.05, 0) is 31.4 Å². The molecule has 5 nitrogen and oxygen atoms in total. The largest absolute Gasteiger partial charge is 0.355 e. The van der Waals surface area contributed by atoms with Gasteiger partial charge in [0, 0.05) is 38.8 Å². The zero-order valence-corrected chi connectivity index (χ0v) is 19.6. The van der Waals surface area contributed by atoms with E-state index >= 15 is 0 Å². The highest BCUT2D eigenvalue weighted by Crippen LogP contribution is 2.24. The van der Waals surface area contributed by atoms with Gasteiger partial charge in [0.1, 0.15) is 0 Å². The molecule has 1 aliphatic heterocycles. The van der Waals surface area contributed by atoms with Crippen LogP contribution in [-0.4, -0.2) is 61.5 Å². The SMILES string of the molecule is CC(C)C[C@H](N)C(=O)NCCCN1CCN(C)CC1c1ccccc1.Cl.Cl.Cl. The molecule has 2 rings (SSSR count). The smallest absolute Gasteiger partial charge is 0.236 e. The lowest BCUT2D eigenvalue weighted by atomic mass is 10.0. The molecule has 1 saturated heterocycles. The van der Waals surface area contributed by atoms with E-state index in [0.717, 1.165) is 39.0 Å². The Hall–Kier alpha value is -0.560. The van der Waals surface area contributed by atoms with Crippen LogP contribution in [0, 0.1) is 5.92 Å². The number of rotatable bonds is 8. The van der Waals surface area contributed by atoms with Crippen LogP contribution in [0.3, 0.4) is 0 Å². The van der Waals surface area contributed by atoms with Crippen molar-refractivity contribution in [2.75, 3.05) is 39.8 Å². The van der Waals surface area contributed by atoms with Gasteiger partial charge in [-0.3, -0.25) is 9.69 Å². The van der Waals surface area contributed by atoms with E-state index in [-0.39, 0.29) is 49.2 Å². The van der Waals surface area contributed by atoms with Crippen LogP contribution in [0.25, 0.3) is 0 Å². The van der Waals surface area contributed by atoms with E-state index < -0.39 is 0 Å². The highest BCUT2D eigenvalue weighted by Gasteiger charge is 2.26. The van der Waals surface area contributed by atoms with Gasteiger partial charge in [0.15, 0.2) is 0 Å². The summed E-state index contributed by atoms with van der Waals surface area (Å²) in [6.45, 7) is 9.07. The van der Waals surface area contributed by atoms with Gasteiger partial charge in [0.2, 0.25) is 5.91 Å². The molecule has 1 unspecified atom stereocenters. The lowest BCUT2D eigenvalue weighted by Crippen LogP contribution is -2.47. The molecule has 1 amide bonds. The van der Waals surface area contributed by atoms with Crippen LogP contribution in [0.2, 0.25) is 0 Å². The zero-order chi connectivity index (χ0) is 18.2. The molecule has 164 valence electrons. The lowest BCUT2D eigenvalue weighted by molar-refractivity contribution is -0.122. The minimum absolute atomic E-state index is 0. The number of halogens is 3. The van der Waals surface area contributed by atoms with E-state index in [1.807, 2.05) is 0 Å². The number of amides is 1. The van der Waals surface area contributed by atoms with Crippen molar-refractivity contribution in [3.8, 4) is 0 Å². The van der Waals surface area contributed by atoms with Crippen LogP contribution in [0.1, 0.15) is 38.3 Å². The molecule has 8 heteroatoms. The van der Waals surface area contributed by atoms with Crippen molar-refractivity contribution in [2.24, 2.45) is 11.7 Å². The fourth-order valence-corrected chi connectivity index (χ4v) is 3.46. The Morgan fingerprint density at radius 1 is 1.18 bits per heavy atom. The average molecular weight is 456 g/mol. The Morgan fingerprint density at radius 3 is 2.43 bits per heavy atom. The number of carbonyl (C=O) groups excluding carboxylic acids is 1. The van der Waals surface area contributed by atoms with Crippen LogP contribution < -0.4 is 11.1 Å². The number of hydrogen-bond acceptors (Lipinski definition) is 4. The van der Waals surface area contributed by atoms with Crippen molar-refractivity contribution >= 4 is 43.1 Å². The van der Waals surface area contributed by atoms with Crippen molar-refractivity contribution < 1.29 is 4.79 Å². The molecule has 1 fully saturated rings. The molecular weight excluding hydrogens is 419 g/mol. The van der Waals surface area contributed by atoms with E-state index in [1.165, 1.54) is 5.56 Å². The fourth-order valence-electron chi connectivity index (χ4n) is 3.46. The Kier molecular flexibility index (Phi) is 16.2. The van der Waals surface area contributed by atoms with Crippen molar-refractivity contribution in [2.45, 2.75) is 38.8 Å². The number of carbonyl (C=O) groups is 1. The van der Waals surface area contributed by atoms with E-state index in [4.69, 9.17) is 5.73 Å². The van der Waals surface area contributed by atoms with Crippen molar-refractivity contribution in [3.05, 3.63) is 35.9 Å². The van der Waals surface area contributed by atoms with Gasteiger partial charge in [-0.15, -0.1) is 37.2 Å². The minimum Gasteiger partial charge on any atom is -0.355 e. The standard InChI is InChI=1S/C20H34N4O.3ClH/c1-16(2)14-18(21)20(25)22-10-7-11-24-13-12-23(3)15-19(24)17-8-5-4-6-9-17;;;/h4-6,8-9,16,18-19H,7,10-15,21H2,1-3H3,(H,22,25);3*1H/t18-,19?;;;/m0.../s1. The van der Waals surface area contributed by atoms with E-state index in [0.29, 0.717) is 18.5 Å². The second-order valence-corrected chi connectivity index (χ2v) is 7.61. The van der Waals surface area contributed by atoms with Crippen LogP contribution in [-0.2, 0) is 4.79 Å². The number of likely N-dealkylation sites (N-methyl/N-ethyl adjacent to an activating group) is 1. The van der Waals surface area contributed by atoms with E-state index in [2.05, 4.69) is 66.3 Å². The zero-order valence-electron chi connectivity index (χ0n) is 17.2. The third kappa shape index (κ3) is 9.77. The highest BCUT2D eigenvalue weighted by molar-refractivity contribution is 5.86. The summed E-state index contributed by atoms with van der Waals surface area (Å²) in [5.74, 6) is 0.421. The summed E-state index contributed by atoms with van der Waals surface area (Å²) in [4.78, 5) is 16.9. The Morgan fingerprint density at radius 2 is 1.82 bits per heavy atom. The van der Waals surface area contributed by atoms with Gasteiger partial charge in [-0.1, -0.05) is 44.2 Å². The normalized spacial score (nSPS) is 18.4. The monoisotopic (exact) mass is 454 g/mol.